The summed E-state index contributed by atoms with van der Waals surface area (Å²) in [5, 5.41) is 33.8. The molecule has 0 amide bonds. The first-order chi connectivity index (χ1) is 21.2. The number of esters is 1. The molecule has 0 radical (unpaired) electrons. The summed E-state index contributed by atoms with van der Waals surface area (Å²) < 4.78 is 17.8. The molecule has 2 N–H and O–H groups in total. The van der Waals surface area contributed by atoms with Gasteiger partial charge in [0, 0.05) is 40.8 Å². The van der Waals surface area contributed by atoms with E-state index in [0.717, 1.165) is 27.8 Å². The molecule has 1 saturated heterocycles. The molecule has 1 unspecified atom stereocenters. The monoisotopic (exact) mass is 595 g/mol. The molecular formula is C35H37N3O6. The number of hydrogen-bond donors (Lipinski definition) is 2. The van der Waals surface area contributed by atoms with Crippen molar-refractivity contribution in [2.24, 2.45) is 0 Å². The van der Waals surface area contributed by atoms with Crippen molar-refractivity contribution in [3.05, 3.63) is 80.9 Å². The summed E-state index contributed by atoms with van der Waals surface area (Å²) in [6, 6.07) is 12.7. The van der Waals surface area contributed by atoms with E-state index in [0.29, 0.717) is 47.5 Å². The van der Waals surface area contributed by atoms with Gasteiger partial charge in [-0.3, -0.25) is 14.6 Å². The minimum Gasteiger partial charge on any atom is -0.507 e. The number of ether oxygens (including phenoxy) is 3. The lowest BCUT2D eigenvalue weighted by molar-refractivity contribution is -0.149. The fourth-order valence-corrected chi connectivity index (χ4v) is 8.00. The summed E-state index contributed by atoms with van der Waals surface area (Å²) in [4.78, 5) is 17.5. The first-order valence-corrected chi connectivity index (χ1v) is 15.3. The normalized spacial score (nSPS) is 25.0. The van der Waals surface area contributed by atoms with Crippen molar-refractivity contribution in [2.45, 2.75) is 76.7 Å². The number of fused-ring (bicyclic) bond motifs is 9. The summed E-state index contributed by atoms with van der Waals surface area (Å²) in [5.74, 6) is 1.10. The van der Waals surface area contributed by atoms with E-state index in [1.165, 1.54) is 0 Å². The minimum atomic E-state index is -0.565. The quantitative estimate of drug-likeness (QED) is 0.405. The molecular weight excluding hydrogens is 558 g/mol. The van der Waals surface area contributed by atoms with Gasteiger partial charge in [-0.05, 0) is 69.3 Å². The first-order valence-electron chi connectivity index (χ1n) is 15.3. The summed E-state index contributed by atoms with van der Waals surface area (Å²) in [5.41, 5.74) is 6.85. The maximum absolute atomic E-state index is 13.1. The standard InChI is InChI=1S/C35H37N3O6/c1-18-12-22-13-24-26(15-36)38-25(31(37(24)4)29(22)33(41)19(18)2)14-23-30(35-34(43-17-44-35)20(3)32(23)40)27(38)16-42-28(39)11-10-21-8-6-5-7-9-21/h5-9,12,24-27,31,40-41H,10-11,13-14,16-17H2,1-4H3/t24-,25?,26-,27-,31+/m0/s1. The summed E-state index contributed by atoms with van der Waals surface area (Å²) in [6.07, 6.45) is 1.80. The fourth-order valence-electron chi connectivity index (χ4n) is 8.00. The van der Waals surface area contributed by atoms with Gasteiger partial charge in [0.1, 0.15) is 24.1 Å². The molecule has 2 bridgehead atoms. The summed E-state index contributed by atoms with van der Waals surface area (Å²) in [6.45, 7) is 5.75. The molecule has 3 aromatic carbocycles. The van der Waals surface area contributed by atoms with Crippen LogP contribution in [-0.4, -0.2) is 64.6 Å². The van der Waals surface area contributed by atoms with E-state index in [-0.39, 0.29) is 55.4 Å². The van der Waals surface area contributed by atoms with Crippen LogP contribution < -0.4 is 9.47 Å². The zero-order chi connectivity index (χ0) is 30.9. The third-order valence-electron chi connectivity index (χ3n) is 10.3. The van der Waals surface area contributed by atoms with Crippen LogP contribution in [0.2, 0.25) is 0 Å². The Morgan fingerprint density at radius 3 is 2.52 bits per heavy atom. The van der Waals surface area contributed by atoms with E-state index >= 15 is 0 Å². The van der Waals surface area contributed by atoms with Crippen LogP contribution in [0.1, 0.15) is 63.0 Å². The highest BCUT2D eigenvalue weighted by molar-refractivity contribution is 5.70. The molecule has 7 rings (SSSR count). The Balaban J connectivity index is 1.33. The number of rotatable bonds is 5. The predicted octanol–water partition coefficient (Wildman–Crippen LogP) is 4.70. The van der Waals surface area contributed by atoms with Crippen molar-refractivity contribution < 1.29 is 29.2 Å². The number of aromatic hydroxyl groups is 2. The Morgan fingerprint density at radius 2 is 1.77 bits per heavy atom. The number of piperazine rings is 1. The van der Waals surface area contributed by atoms with Crippen LogP contribution in [-0.2, 0) is 28.8 Å². The SMILES string of the molecule is Cc1cc2c(c(O)c1C)[C@H]1C3Cc4c(O)c(C)c5c(c4[C@H](COC(=O)CCc4ccccc4)N3[C@@H](C#N)[C@H](C2)N1C)OCO5. The third-order valence-corrected chi connectivity index (χ3v) is 10.3. The van der Waals surface area contributed by atoms with Gasteiger partial charge >= 0.3 is 5.97 Å². The second kappa shape index (κ2) is 10.7. The van der Waals surface area contributed by atoms with Gasteiger partial charge in [0.25, 0.3) is 0 Å². The smallest absolute Gasteiger partial charge is 0.306 e. The topological polar surface area (TPSA) is 115 Å². The second-order valence-electron chi connectivity index (χ2n) is 12.5. The van der Waals surface area contributed by atoms with E-state index in [9.17, 15) is 20.3 Å². The maximum Gasteiger partial charge on any atom is 0.306 e. The van der Waals surface area contributed by atoms with E-state index in [4.69, 9.17) is 14.2 Å². The van der Waals surface area contributed by atoms with Crippen molar-refractivity contribution in [2.75, 3.05) is 20.4 Å². The molecule has 4 aliphatic heterocycles. The molecule has 0 aliphatic carbocycles. The second-order valence-corrected chi connectivity index (χ2v) is 12.5. The molecule has 0 spiro atoms. The number of aryl methyl sites for hydroxylation is 2. The van der Waals surface area contributed by atoms with Crippen molar-refractivity contribution in [3.63, 3.8) is 0 Å². The van der Waals surface area contributed by atoms with Crippen LogP contribution in [0.4, 0.5) is 0 Å². The first kappa shape index (κ1) is 28.5. The molecule has 0 saturated carbocycles. The molecule has 4 aliphatic rings. The van der Waals surface area contributed by atoms with Crippen LogP contribution in [0, 0.1) is 32.1 Å². The lowest BCUT2D eigenvalue weighted by atomic mass is 9.71. The highest BCUT2D eigenvalue weighted by atomic mass is 16.7. The van der Waals surface area contributed by atoms with Gasteiger partial charge in [-0.15, -0.1) is 0 Å². The van der Waals surface area contributed by atoms with Gasteiger partial charge < -0.3 is 24.4 Å². The zero-order valence-electron chi connectivity index (χ0n) is 25.5. The van der Waals surface area contributed by atoms with Crippen LogP contribution in [0.5, 0.6) is 23.0 Å². The molecule has 1 fully saturated rings. The van der Waals surface area contributed by atoms with Crippen LogP contribution in [0.3, 0.4) is 0 Å². The van der Waals surface area contributed by atoms with Crippen LogP contribution >= 0.6 is 0 Å². The molecule has 9 heteroatoms. The van der Waals surface area contributed by atoms with Gasteiger partial charge in [-0.25, -0.2) is 0 Å². The average Bonchev–Trinajstić information content (AvgIpc) is 3.51. The van der Waals surface area contributed by atoms with E-state index in [1.54, 1.807) is 0 Å². The molecule has 9 nitrogen and oxygen atoms in total. The molecule has 4 heterocycles. The van der Waals surface area contributed by atoms with Crippen LogP contribution in [0.15, 0.2) is 36.4 Å². The Morgan fingerprint density at radius 1 is 1.02 bits per heavy atom. The number of nitriles is 1. The van der Waals surface area contributed by atoms with Gasteiger partial charge in [0.05, 0.1) is 18.2 Å². The number of nitrogens with zero attached hydrogens (tertiary/aromatic N) is 3. The lowest BCUT2D eigenvalue weighted by Crippen LogP contribution is -2.68. The van der Waals surface area contributed by atoms with Crippen LogP contribution in [0.25, 0.3) is 0 Å². The number of likely N-dealkylation sites (N-methyl/N-ethyl adjacent to an activating group) is 1. The number of benzene rings is 3. The predicted molar refractivity (Wildman–Crippen MR) is 162 cm³/mol. The van der Waals surface area contributed by atoms with Gasteiger partial charge in [-0.1, -0.05) is 36.4 Å². The highest BCUT2D eigenvalue weighted by Gasteiger charge is 2.56. The Hall–Kier alpha value is -4.26. The Kier molecular flexibility index (Phi) is 6.95. The van der Waals surface area contributed by atoms with Crippen molar-refractivity contribution in [3.8, 4) is 29.1 Å². The highest BCUT2D eigenvalue weighted by Crippen LogP contribution is 2.57. The number of phenolic OH excluding ortho intramolecular Hbond substituents is 2. The number of carbonyl (C=O) groups excluding carboxylic acids is 1. The molecule has 44 heavy (non-hydrogen) atoms. The summed E-state index contributed by atoms with van der Waals surface area (Å²) >= 11 is 0. The zero-order valence-corrected chi connectivity index (χ0v) is 25.5. The van der Waals surface area contributed by atoms with Crippen molar-refractivity contribution in [1.82, 2.24) is 9.80 Å². The van der Waals surface area contributed by atoms with Gasteiger partial charge in [0.15, 0.2) is 11.5 Å². The van der Waals surface area contributed by atoms with E-state index < -0.39 is 12.1 Å². The number of phenols is 2. The average molecular weight is 596 g/mol. The minimum absolute atomic E-state index is 0.0114. The third kappa shape index (κ3) is 4.23. The molecule has 0 aromatic heterocycles. The number of hydrogen-bond acceptors (Lipinski definition) is 9. The van der Waals surface area contributed by atoms with E-state index in [1.807, 2.05) is 58.2 Å². The fraction of sp³-hybridized carbons (Fsp3) is 0.429. The lowest BCUT2D eigenvalue weighted by Gasteiger charge is -2.59. The molecule has 5 atom stereocenters. The maximum atomic E-state index is 13.1. The van der Waals surface area contributed by atoms with Crippen molar-refractivity contribution in [1.29, 1.82) is 5.26 Å². The molecule has 3 aromatic rings. The summed E-state index contributed by atoms with van der Waals surface area (Å²) in [7, 11) is 2.02. The molecule has 228 valence electrons. The van der Waals surface area contributed by atoms with Crippen molar-refractivity contribution >= 4 is 5.97 Å². The Bertz CT molecular complexity index is 1700. The number of carbonyl (C=O) groups is 1. The Labute approximate surface area is 257 Å². The largest absolute Gasteiger partial charge is 0.507 e. The van der Waals surface area contributed by atoms with Gasteiger partial charge in [0.2, 0.25) is 6.79 Å². The van der Waals surface area contributed by atoms with E-state index in [2.05, 4.69) is 21.9 Å². The van der Waals surface area contributed by atoms with Gasteiger partial charge in [-0.2, -0.15) is 5.26 Å².